The zero-order valence-electron chi connectivity index (χ0n) is 12.2. The summed E-state index contributed by atoms with van der Waals surface area (Å²) in [5.74, 6) is 0.107. The number of benzene rings is 1. The van der Waals surface area contributed by atoms with Crippen molar-refractivity contribution in [2.24, 2.45) is 0 Å². The number of nitrogens with one attached hydrogen (secondary N) is 2. The molecule has 0 radical (unpaired) electrons. The summed E-state index contributed by atoms with van der Waals surface area (Å²) < 4.78 is 25.5. The van der Waals surface area contributed by atoms with Crippen LogP contribution in [0.15, 0.2) is 18.2 Å². The van der Waals surface area contributed by atoms with Gasteiger partial charge >= 0.3 is 0 Å². The Kier molecular flexibility index (Phi) is 5.97. The summed E-state index contributed by atoms with van der Waals surface area (Å²) >= 11 is 0. The van der Waals surface area contributed by atoms with Gasteiger partial charge in [-0.25, -0.2) is 13.1 Å². The molecular formula is C14H24N2O2S. The Morgan fingerprint density at radius 2 is 1.74 bits per heavy atom. The molecule has 0 heterocycles. The molecular weight excluding hydrogens is 260 g/mol. The van der Waals surface area contributed by atoms with E-state index in [1.807, 2.05) is 6.92 Å². The summed E-state index contributed by atoms with van der Waals surface area (Å²) in [5, 5.41) is 3.25. The van der Waals surface area contributed by atoms with Crippen molar-refractivity contribution >= 4 is 10.0 Å². The summed E-state index contributed by atoms with van der Waals surface area (Å²) in [5.41, 5.74) is 3.64. The van der Waals surface area contributed by atoms with E-state index in [1.54, 1.807) is 6.92 Å². The van der Waals surface area contributed by atoms with Crippen LogP contribution in [0.3, 0.4) is 0 Å². The number of aryl methyl sites for hydroxylation is 2. The van der Waals surface area contributed by atoms with Crippen LogP contribution in [0.1, 0.15) is 36.6 Å². The van der Waals surface area contributed by atoms with Crippen molar-refractivity contribution in [3.63, 3.8) is 0 Å². The minimum absolute atomic E-state index is 0.107. The standard InChI is InChI=1S/C14H24N2O2S/c1-5-16-19(17,18)7-6-15-13(4)14-9-11(2)8-12(3)10-14/h8-10,13,15-16H,5-7H2,1-4H3. The summed E-state index contributed by atoms with van der Waals surface area (Å²) in [6.07, 6.45) is 0. The zero-order valence-corrected chi connectivity index (χ0v) is 13.0. The van der Waals surface area contributed by atoms with Crippen LogP contribution in [0.25, 0.3) is 0 Å². The van der Waals surface area contributed by atoms with Crippen molar-refractivity contribution in [1.29, 1.82) is 0 Å². The zero-order chi connectivity index (χ0) is 14.5. The predicted molar refractivity (Wildman–Crippen MR) is 79.8 cm³/mol. The van der Waals surface area contributed by atoms with E-state index in [9.17, 15) is 8.42 Å². The molecule has 2 N–H and O–H groups in total. The molecule has 0 spiro atoms. The third kappa shape index (κ3) is 5.72. The van der Waals surface area contributed by atoms with Gasteiger partial charge in [0.25, 0.3) is 0 Å². The fraction of sp³-hybridized carbons (Fsp3) is 0.571. The molecule has 1 rings (SSSR count). The van der Waals surface area contributed by atoms with Gasteiger partial charge in [-0.1, -0.05) is 36.2 Å². The summed E-state index contributed by atoms with van der Waals surface area (Å²) in [7, 11) is -3.14. The van der Waals surface area contributed by atoms with Crippen molar-refractivity contribution in [1.82, 2.24) is 10.0 Å². The molecule has 1 unspecified atom stereocenters. The van der Waals surface area contributed by atoms with Gasteiger partial charge in [0.05, 0.1) is 5.75 Å². The van der Waals surface area contributed by atoms with Crippen LogP contribution in [0.4, 0.5) is 0 Å². The number of hydrogen-bond donors (Lipinski definition) is 2. The highest BCUT2D eigenvalue weighted by molar-refractivity contribution is 7.89. The molecule has 108 valence electrons. The van der Waals surface area contributed by atoms with Gasteiger partial charge in [0.1, 0.15) is 0 Å². The first-order valence-electron chi connectivity index (χ1n) is 6.63. The van der Waals surface area contributed by atoms with E-state index >= 15 is 0 Å². The van der Waals surface area contributed by atoms with Crippen molar-refractivity contribution in [3.8, 4) is 0 Å². The predicted octanol–water partition coefficient (Wildman–Crippen LogP) is 1.89. The van der Waals surface area contributed by atoms with E-state index in [0.717, 1.165) is 0 Å². The normalized spacial score (nSPS) is 13.5. The van der Waals surface area contributed by atoms with Crippen LogP contribution in [-0.4, -0.2) is 27.3 Å². The second-order valence-electron chi connectivity index (χ2n) is 4.91. The van der Waals surface area contributed by atoms with E-state index in [1.165, 1.54) is 16.7 Å². The largest absolute Gasteiger partial charge is 0.309 e. The fourth-order valence-electron chi connectivity index (χ4n) is 2.08. The van der Waals surface area contributed by atoms with Gasteiger partial charge in [0.2, 0.25) is 10.0 Å². The molecule has 0 aliphatic rings. The molecule has 5 heteroatoms. The molecule has 0 aliphatic heterocycles. The first-order valence-corrected chi connectivity index (χ1v) is 8.28. The van der Waals surface area contributed by atoms with Crippen LogP contribution in [0.5, 0.6) is 0 Å². The number of sulfonamides is 1. The van der Waals surface area contributed by atoms with Gasteiger partial charge in [0.15, 0.2) is 0 Å². The monoisotopic (exact) mass is 284 g/mol. The van der Waals surface area contributed by atoms with Gasteiger partial charge in [-0.3, -0.25) is 0 Å². The van der Waals surface area contributed by atoms with E-state index in [-0.39, 0.29) is 11.8 Å². The van der Waals surface area contributed by atoms with Crippen LogP contribution in [0, 0.1) is 13.8 Å². The fourth-order valence-corrected chi connectivity index (χ4v) is 3.05. The molecule has 4 nitrogen and oxygen atoms in total. The minimum Gasteiger partial charge on any atom is -0.309 e. The molecule has 19 heavy (non-hydrogen) atoms. The first-order chi connectivity index (χ1) is 8.84. The Balaban J connectivity index is 2.54. The lowest BCUT2D eigenvalue weighted by atomic mass is 10.0. The smallest absolute Gasteiger partial charge is 0.212 e. The van der Waals surface area contributed by atoms with Crippen molar-refractivity contribution in [3.05, 3.63) is 34.9 Å². The maximum absolute atomic E-state index is 11.5. The molecule has 1 atom stereocenters. The quantitative estimate of drug-likeness (QED) is 0.804. The second kappa shape index (κ2) is 7.03. The topological polar surface area (TPSA) is 58.2 Å². The van der Waals surface area contributed by atoms with Crippen LogP contribution in [-0.2, 0) is 10.0 Å². The highest BCUT2D eigenvalue weighted by atomic mass is 32.2. The minimum atomic E-state index is -3.14. The maximum Gasteiger partial charge on any atom is 0.212 e. The highest BCUT2D eigenvalue weighted by Crippen LogP contribution is 2.16. The van der Waals surface area contributed by atoms with Crippen LogP contribution >= 0.6 is 0 Å². The van der Waals surface area contributed by atoms with Gasteiger partial charge in [-0.15, -0.1) is 0 Å². The average molecular weight is 284 g/mol. The molecule has 0 fully saturated rings. The van der Waals surface area contributed by atoms with Crippen LogP contribution in [0.2, 0.25) is 0 Å². The molecule has 1 aromatic carbocycles. The Morgan fingerprint density at radius 3 is 2.26 bits per heavy atom. The van der Waals surface area contributed by atoms with E-state index in [2.05, 4.69) is 42.1 Å². The third-order valence-electron chi connectivity index (χ3n) is 2.93. The number of hydrogen-bond acceptors (Lipinski definition) is 3. The second-order valence-corrected chi connectivity index (χ2v) is 6.84. The van der Waals surface area contributed by atoms with Crippen molar-refractivity contribution in [2.45, 2.75) is 33.7 Å². The van der Waals surface area contributed by atoms with Crippen molar-refractivity contribution < 1.29 is 8.42 Å². The van der Waals surface area contributed by atoms with Gasteiger partial charge in [0, 0.05) is 19.1 Å². The summed E-state index contributed by atoms with van der Waals surface area (Å²) in [4.78, 5) is 0. The summed E-state index contributed by atoms with van der Waals surface area (Å²) in [6.45, 7) is 8.85. The maximum atomic E-state index is 11.5. The van der Waals surface area contributed by atoms with Gasteiger partial charge < -0.3 is 5.32 Å². The lowest BCUT2D eigenvalue weighted by Crippen LogP contribution is -2.32. The molecule has 0 bridgehead atoms. The Labute approximate surface area is 116 Å². The molecule has 0 saturated heterocycles. The first kappa shape index (κ1) is 16.1. The van der Waals surface area contributed by atoms with Gasteiger partial charge in [-0.2, -0.15) is 0 Å². The molecule has 1 aromatic rings. The SMILES string of the molecule is CCNS(=O)(=O)CCNC(C)c1cc(C)cc(C)c1. The van der Waals surface area contributed by atoms with E-state index in [0.29, 0.717) is 13.1 Å². The Bertz CT molecular complexity index is 492. The Morgan fingerprint density at radius 1 is 1.16 bits per heavy atom. The Hall–Kier alpha value is -0.910. The number of rotatable bonds is 7. The highest BCUT2D eigenvalue weighted by Gasteiger charge is 2.10. The lowest BCUT2D eigenvalue weighted by molar-refractivity contribution is 0.564. The molecule has 0 saturated carbocycles. The average Bonchev–Trinajstić information content (AvgIpc) is 2.27. The third-order valence-corrected chi connectivity index (χ3v) is 4.40. The molecule has 0 amide bonds. The summed E-state index contributed by atoms with van der Waals surface area (Å²) in [6, 6.07) is 6.54. The van der Waals surface area contributed by atoms with E-state index in [4.69, 9.17) is 0 Å². The lowest BCUT2D eigenvalue weighted by Gasteiger charge is -2.16. The molecule has 0 aliphatic carbocycles. The van der Waals surface area contributed by atoms with Crippen LogP contribution < -0.4 is 10.0 Å². The van der Waals surface area contributed by atoms with Gasteiger partial charge in [-0.05, 0) is 26.3 Å². The van der Waals surface area contributed by atoms with Crippen molar-refractivity contribution in [2.75, 3.05) is 18.8 Å². The molecule has 0 aromatic heterocycles. The van der Waals surface area contributed by atoms with E-state index < -0.39 is 10.0 Å².